The Kier molecular flexibility index (Phi) is 6.48. The number of halogens is 3. The van der Waals surface area contributed by atoms with E-state index in [0.29, 0.717) is 28.5 Å². The maximum absolute atomic E-state index is 14.0. The van der Waals surface area contributed by atoms with Crippen molar-refractivity contribution in [2.24, 2.45) is 0 Å². The van der Waals surface area contributed by atoms with E-state index in [1.54, 1.807) is 19.1 Å². The van der Waals surface area contributed by atoms with Crippen molar-refractivity contribution in [2.45, 2.75) is 26.7 Å². The number of aryl methyl sites for hydroxylation is 1. The van der Waals surface area contributed by atoms with Gasteiger partial charge in [0.1, 0.15) is 5.82 Å². The van der Waals surface area contributed by atoms with E-state index in [2.05, 4.69) is 15.6 Å². The highest BCUT2D eigenvalue weighted by molar-refractivity contribution is 6.08. The predicted molar refractivity (Wildman–Crippen MR) is 114 cm³/mol. The van der Waals surface area contributed by atoms with Gasteiger partial charge in [-0.15, -0.1) is 0 Å². The molecule has 1 heterocycles. The number of methoxy groups -OCH3 is 1. The summed E-state index contributed by atoms with van der Waals surface area (Å²) in [5, 5.41) is 5.60. The van der Waals surface area contributed by atoms with Gasteiger partial charge in [-0.3, -0.25) is 4.79 Å². The molecule has 1 aromatic heterocycles. The molecule has 1 amide bonds. The van der Waals surface area contributed by atoms with Crippen molar-refractivity contribution in [1.82, 2.24) is 4.98 Å². The molecule has 162 valence electrons. The Morgan fingerprint density at radius 3 is 2.29 bits per heavy atom. The van der Waals surface area contributed by atoms with Crippen LogP contribution in [-0.2, 0) is 0 Å². The van der Waals surface area contributed by atoms with E-state index in [-0.39, 0.29) is 17.2 Å². The van der Waals surface area contributed by atoms with Crippen LogP contribution in [0.1, 0.15) is 41.4 Å². The van der Waals surface area contributed by atoms with Gasteiger partial charge in [0.05, 0.1) is 29.7 Å². The van der Waals surface area contributed by atoms with Gasteiger partial charge in [-0.1, -0.05) is 13.8 Å². The molecule has 0 saturated carbocycles. The summed E-state index contributed by atoms with van der Waals surface area (Å²) in [6.45, 7) is 5.42. The molecule has 0 spiro atoms. The number of anilines is 3. The monoisotopic (exact) mass is 429 g/mol. The highest BCUT2D eigenvalue weighted by atomic mass is 19.2. The largest absolute Gasteiger partial charge is 0.481 e. The number of aromatic nitrogens is 1. The molecular weight excluding hydrogens is 407 g/mol. The summed E-state index contributed by atoms with van der Waals surface area (Å²) in [5.74, 6) is -3.03. The summed E-state index contributed by atoms with van der Waals surface area (Å²) in [4.78, 5) is 17.1. The van der Waals surface area contributed by atoms with E-state index in [1.165, 1.54) is 25.3 Å². The van der Waals surface area contributed by atoms with E-state index in [1.807, 2.05) is 13.8 Å². The molecule has 31 heavy (non-hydrogen) atoms. The first kappa shape index (κ1) is 22.1. The quantitative estimate of drug-likeness (QED) is 0.509. The first-order valence-electron chi connectivity index (χ1n) is 9.58. The molecular formula is C23H22F3N3O2. The Morgan fingerprint density at radius 2 is 1.65 bits per heavy atom. The lowest BCUT2D eigenvalue weighted by Gasteiger charge is -2.18. The number of amides is 1. The topological polar surface area (TPSA) is 63.2 Å². The lowest BCUT2D eigenvalue weighted by Crippen LogP contribution is -2.16. The van der Waals surface area contributed by atoms with Gasteiger partial charge in [0.25, 0.3) is 5.91 Å². The molecule has 0 aliphatic heterocycles. The first-order chi connectivity index (χ1) is 14.7. The lowest BCUT2D eigenvalue weighted by atomic mass is 10.0. The Bertz CT molecular complexity index is 1130. The average molecular weight is 429 g/mol. The highest BCUT2D eigenvalue weighted by Gasteiger charge is 2.19. The number of benzene rings is 2. The Balaban J connectivity index is 1.99. The molecule has 2 N–H and O–H groups in total. The van der Waals surface area contributed by atoms with Crippen molar-refractivity contribution in [2.75, 3.05) is 17.7 Å². The number of nitrogens with zero attached hydrogens (tertiary/aromatic N) is 1. The minimum atomic E-state index is -1.16. The van der Waals surface area contributed by atoms with E-state index in [9.17, 15) is 18.0 Å². The molecule has 0 radical (unpaired) electrons. The fourth-order valence-corrected chi connectivity index (χ4v) is 3.08. The number of carbonyl (C=O) groups is 1. The van der Waals surface area contributed by atoms with Gasteiger partial charge in [0.15, 0.2) is 11.6 Å². The van der Waals surface area contributed by atoms with Crippen LogP contribution in [0.2, 0.25) is 0 Å². The summed E-state index contributed by atoms with van der Waals surface area (Å²) >= 11 is 0. The van der Waals surface area contributed by atoms with Crippen molar-refractivity contribution in [3.8, 4) is 5.88 Å². The van der Waals surface area contributed by atoms with Crippen LogP contribution in [0.25, 0.3) is 0 Å². The van der Waals surface area contributed by atoms with Crippen LogP contribution < -0.4 is 15.4 Å². The maximum Gasteiger partial charge on any atom is 0.257 e. The molecule has 3 aromatic rings. The van der Waals surface area contributed by atoms with Gasteiger partial charge in [-0.05, 0) is 48.7 Å². The first-order valence-corrected chi connectivity index (χ1v) is 9.58. The molecule has 0 saturated heterocycles. The van der Waals surface area contributed by atoms with E-state index in [4.69, 9.17) is 4.74 Å². The van der Waals surface area contributed by atoms with Crippen LogP contribution in [0.3, 0.4) is 0 Å². The van der Waals surface area contributed by atoms with Gasteiger partial charge < -0.3 is 15.4 Å². The Labute approximate surface area is 178 Å². The third-order valence-electron chi connectivity index (χ3n) is 4.73. The van der Waals surface area contributed by atoms with Gasteiger partial charge in [0.2, 0.25) is 5.88 Å². The van der Waals surface area contributed by atoms with Crippen LogP contribution in [0.5, 0.6) is 5.88 Å². The van der Waals surface area contributed by atoms with Gasteiger partial charge in [-0.25, -0.2) is 18.2 Å². The van der Waals surface area contributed by atoms with Crippen molar-refractivity contribution in [1.29, 1.82) is 0 Å². The van der Waals surface area contributed by atoms with Crippen LogP contribution in [0.4, 0.5) is 30.2 Å². The Hall–Kier alpha value is -3.55. The summed E-state index contributed by atoms with van der Waals surface area (Å²) in [6.07, 6.45) is 0. The van der Waals surface area contributed by atoms with E-state index < -0.39 is 23.4 Å². The van der Waals surface area contributed by atoms with Crippen molar-refractivity contribution < 1.29 is 22.7 Å². The predicted octanol–water partition coefficient (Wildman–Crippen LogP) is 5.94. The number of rotatable bonds is 6. The summed E-state index contributed by atoms with van der Waals surface area (Å²) in [5.41, 5.74) is 1.93. The minimum Gasteiger partial charge on any atom is -0.481 e. The number of ether oxygens (including phenoxy) is 1. The summed E-state index contributed by atoms with van der Waals surface area (Å²) < 4.78 is 46.7. The fourth-order valence-electron chi connectivity index (χ4n) is 3.08. The minimum absolute atomic E-state index is 0.0454. The van der Waals surface area contributed by atoms with Gasteiger partial charge >= 0.3 is 0 Å². The zero-order valence-corrected chi connectivity index (χ0v) is 17.5. The van der Waals surface area contributed by atoms with Crippen LogP contribution >= 0.6 is 0 Å². The smallest absolute Gasteiger partial charge is 0.257 e. The molecule has 0 unspecified atom stereocenters. The average Bonchev–Trinajstić information content (AvgIpc) is 2.72. The number of pyridine rings is 1. The summed E-state index contributed by atoms with van der Waals surface area (Å²) in [6, 6.07) is 8.99. The number of nitrogens with one attached hydrogen (secondary N) is 2. The molecule has 0 aliphatic rings. The zero-order valence-electron chi connectivity index (χ0n) is 17.5. The molecule has 2 aromatic carbocycles. The Morgan fingerprint density at radius 1 is 0.968 bits per heavy atom. The zero-order chi connectivity index (χ0) is 22.7. The van der Waals surface area contributed by atoms with E-state index in [0.717, 1.165) is 12.1 Å². The number of hydrogen-bond acceptors (Lipinski definition) is 4. The fraction of sp³-hybridized carbons (Fsp3) is 0.217. The third kappa shape index (κ3) is 4.96. The second-order valence-electron chi connectivity index (χ2n) is 7.26. The number of carbonyl (C=O) groups excluding carboxylic acids is 1. The second-order valence-corrected chi connectivity index (χ2v) is 7.26. The van der Waals surface area contributed by atoms with Crippen molar-refractivity contribution >= 4 is 23.0 Å². The summed E-state index contributed by atoms with van der Waals surface area (Å²) in [7, 11) is 1.47. The van der Waals surface area contributed by atoms with Crippen molar-refractivity contribution in [3.05, 3.63) is 76.7 Å². The molecule has 0 fully saturated rings. The second kappa shape index (κ2) is 9.07. The van der Waals surface area contributed by atoms with Crippen LogP contribution in [0.15, 0.2) is 42.5 Å². The van der Waals surface area contributed by atoms with Gasteiger partial charge in [-0.2, -0.15) is 0 Å². The van der Waals surface area contributed by atoms with Crippen LogP contribution in [0, 0.1) is 24.4 Å². The molecule has 3 rings (SSSR count). The highest BCUT2D eigenvalue weighted by Crippen LogP contribution is 2.31. The normalized spacial score (nSPS) is 10.8. The van der Waals surface area contributed by atoms with E-state index >= 15 is 0 Å². The van der Waals surface area contributed by atoms with Crippen molar-refractivity contribution in [3.63, 3.8) is 0 Å². The molecule has 0 bridgehead atoms. The van der Waals surface area contributed by atoms with Crippen LogP contribution in [-0.4, -0.2) is 18.0 Å². The standard InChI is InChI=1S/C23H22F3N3O2/c1-12(2)15-9-14(24)5-6-20(15)28-21-11-18(26)17(25)10-16(21)23(30)29-19-7-8-22(31-4)27-13(19)3/h5-12,28H,1-4H3,(H,29,30). The molecule has 8 heteroatoms. The maximum atomic E-state index is 14.0. The van der Waals surface area contributed by atoms with Gasteiger partial charge in [0, 0.05) is 17.8 Å². The molecule has 0 atom stereocenters. The number of hydrogen-bond donors (Lipinski definition) is 2. The third-order valence-corrected chi connectivity index (χ3v) is 4.73. The lowest BCUT2D eigenvalue weighted by molar-refractivity contribution is 0.102. The SMILES string of the molecule is COc1ccc(NC(=O)c2cc(F)c(F)cc2Nc2ccc(F)cc2C(C)C)c(C)n1. The molecule has 0 aliphatic carbocycles. The molecule has 5 nitrogen and oxygen atoms in total.